The summed E-state index contributed by atoms with van der Waals surface area (Å²) in [6.07, 6.45) is 0.744. The van der Waals surface area contributed by atoms with Gasteiger partial charge in [0.25, 0.3) is 5.91 Å². The number of hydrogen-bond acceptors (Lipinski definition) is 8. The Morgan fingerprint density at radius 2 is 1.67 bits per heavy atom. The minimum atomic E-state index is -0.482. The number of nitrogens with one attached hydrogen (secondary N) is 2. The van der Waals surface area contributed by atoms with E-state index in [1.165, 1.54) is 40.5 Å². The molecule has 9 nitrogen and oxygen atoms in total. The van der Waals surface area contributed by atoms with Crippen molar-refractivity contribution in [1.29, 1.82) is 0 Å². The number of thioether (sulfide) groups is 1. The zero-order chi connectivity index (χ0) is 35.0. The average molecular weight is 722 g/mol. The summed E-state index contributed by atoms with van der Waals surface area (Å²) >= 11 is 2.79. The molecule has 4 aliphatic rings. The van der Waals surface area contributed by atoms with Crippen molar-refractivity contribution in [2.45, 2.75) is 29.5 Å². The van der Waals surface area contributed by atoms with Crippen molar-refractivity contribution in [2.24, 2.45) is 29.6 Å². The Morgan fingerprint density at radius 3 is 2.45 bits per heavy atom. The molecule has 3 fully saturated rings. The van der Waals surface area contributed by atoms with E-state index < -0.39 is 17.7 Å². The number of carbonyl (C=O) groups is 3. The number of aromatic nitrogens is 1. The summed E-state index contributed by atoms with van der Waals surface area (Å²) in [6, 6.07) is 24.8. The molecule has 12 heteroatoms. The number of nitrogens with zero attached hydrogens (tertiary/aromatic N) is 1. The second kappa shape index (κ2) is 12.4. The van der Waals surface area contributed by atoms with Crippen LogP contribution in [-0.2, 0) is 14.4 Å². The number of halogens is 1. The molecule has 7 atom stereocenters. The lowest BCUT2D eigenvalue weighted by Gasteiger charge is -2.43. The van der Waals surface area contributed by atoms with Gasteiger partial charge >= 0.3 is 4.87 Å². The first-order valence-corrected chi connectivity index (χ1v) is 18.7. The first-order valence-electron chi connectivity index (χ1n) is 17.0. The van der Waals surface area contributed by atoms with Crippen molar-refractivity contribution in [3.63, 3.8) is 0 Å². The molecule has 4 unspecified atom stereocenters. The minimum absolute atomic E-state index is 0.00851. The summed E-state index contributed by atoms with van der Waals surface area (Å²) in [5, 5.41) is 5.81. The van der Waals surface area contributed by atoms with Crippen LogP contribution in [-0.4, -0.2) is 41.2 Å². The zero-order valence-electron chi connectivity index (χ0n) is 27.3. The van der Waals surface area contributed by atoms with Crippen LogP contribution in [0, 0.1) is 35.4 Å². The molecule has 51 heavy (non-hydrogen) atoms. The number of aromatic amines is 1. The fourth-order valence-electron chi connectivity index (χ4n) is 8.95. The molecular weight excluding hydrogens is 690 g/mol. The van der Waals surface area contributed by atoms with Gasteiger partial charge in [0.15, 0.2) is 18.1 Å². The number of thiazole rings is 1. The second-order valence-electron chi connectivity index (χ2n) is 13.5. The van der Waals surface area contributed by atoms with Gasteiger partial charge in [-0.2, -0.15) is 0 Å². The fraction of sp³-hybridized carbons (Fsp3) is 0.282. The van der Waals surface area contributed by atoms with Crippen molar-refractivity contribution in [1.82, 2.24) is 4.98 Å². The van der Waals surface area contributed by atoms with Crippen LogP contribution in [0.3, 0.4) is 0 Å². The molecule has 0 spiro atoms. The molecular formula is C39H32FN3O6S2. The van der Waals surface area contributed by atoms with Crippen molar-refractivity contribution in [3.05, 3.63) is 111 Å². The van der Waals surface area contributed by atoms with E-state index in [1.807, 2.05) is 61.5 Å². The van der Waals surface area contributed by atoms with Crippen LogP contribution in [0.4, 0.5) is 15.8 Å². The Balaban J connectivity index is 1.00. The number of carbonyl (C=O) groups excluding carboxylic acids is 3. The van der Waals surface area contributed by atoms with Crippen molar-refractivity contribution >= 4 is 63.0 Å². The summed E-state index contributed by atoms with van der Waals surface area (Å²) in [5.74, 6) is -1.63. The molecule has 1 saturated heterocycles. The van der Waals surface area contributed by atoms with Gasteiger partial charge in [0.1, 0.15) is 5.82 Å². The number of ether oxygens (including phenoxy) is 2. The zero-order valence-corrected chi connectivity index (χ0v) is 29.0. The van der Waals surface area contributed by atoms with Gasteiger partial charge < -0.3 is 19.8 Å². The highest BCUT2D eigenvalue weighted by molar-refractivity contribution is 8.00. The lowest BCUT2D eigenvalue weighted by atomic mass is 9.68. The van der Waals surface area contributed by atoms with Gasteiger partial charge in [0.2, 0.25) is 11.8 Å². The van der Waals surface area contributed by atoms with Gasteiger partial charge in [-0.3, -0.25) is 24.1 Å². The Hall–Kier alpha value is -4.94. The molecule has 2 bridgehead atoms. The summed E-state index contributed by atoms with van der Waals surface area (Å²) in [5.41, 5.74) is 1.97. The molecule has 258 valence electrons. The van der Waals surface area contributed by atoms with E-state index >= 15 is 0 Å². The number of H-pyrrole nitrogens is 1. The van der Waals surface area contributed by atoms with E-state index in [0.29, 0.717) is 29.5 Å². The van der Waals surface area contributed by atoms with Gasteiger partial charge in [0.05, 0.1) is 29.2 Å². The van der Waals surface area contributed by atoms with Gasteiger partial charge in [-0.15, -0.1) is 11.8 Å². The first kappa shape index (κ1) is 32.0. The minimum Gasteiger partial charge on any atom is -0.490 e. The van der Waals surface area contributed by atoms with E-state index in [-0.39, 0.29) is 58.1 Å². The third kappa shape index (κ3) is 5.26. The number of amides is 3. The number of fused-ring (bicyclic) bond motifs is 10. The third-order valence-corrected chi connectivity index (χ3v) is 13.4. The summed E-state index contributed by atoms with van der Waals surface area (Å²) in [4.78, 5) is 58.6. The van der Waals surface area contributed by atoms with Crippen molar-refractivity contribution in [3.8, 4) is 11.5 Å². The molecule has 2 aliphatic heterocycles. The number of hydrogen-bond donors (Lipinski definition) is 2. The van der Waals surface area contributed by atoms with E-state index in [1.54, 1.807) is 17.8 Å². The normalized spacial score (nSPS) is 25.8. The van der Waals surface area contributed by atoms with Gasteiger partial charge in [-0.25, -0.2) is 4.39 Å². The smallest absolute Gasteiger partial charge is 0.305 e. The van der Waals surface area contributed by atoms with E-state index in [4.69, 9.17) is 9.47 Å². The molecule has 1 aromatic heterocycles. The number of imide groups is 1. The van der Waals surface area contributed by atoms with Crippen molar-refractivity contribution < 1.29 is 28.2 Å². The molecule has 2 N–H and O–H groups in total. The largest absolute Gasteiger partial charge is 0.490 e. The Kier molecular flexibility index (Phi) is 7.77. The van der Waals surface area contributed by atoms with Crippen molar-refractivity contribution in [2.75, 3.05) is 23.4 Å². The molecule has 0 radical (unpaired) electrons. The number of benzene rings is 4. The highest BCUT2D eigenvalue weighted by Gasteiger charge is 2.69. The topological polar surface area (TPSA) is 118 Å². The van der Waals surface area contributed by atoms with Crippen LogP contribution >= 0.6 is 23.1 Å². The molecule has 2 saturated carbocycles. The van der Waals surface area contributed by atoms with Crippen LogP contribution in [0.1, 0.15) is 29.7 Å². The van der Waals surface area contributed by atoms with Gasteiger partial charge in [-0.1, -0.05) is 47.7 Å². The van der Waals surface area contributed by atoms with E-state index in [0.717, 1.165) is 32.7 Å². The molecule has 3 heterocycles. The standard InChI is InChI=1S/C39H32FN3O6S2/c1-2-48-28-16-21(8-14-27(28)49-18-29(44)41-23-11-7-19-5-3-4-6-20(19)15-23)30-31-25-17-26(34(31)50-36-35(30)51-39(47)42-36)33-32(25)37(45)43(38(33)46)24-12-9-22(40)10-13-24/h3-16,25-26,30-34H,2,17-18H2,1H3,(H,41,44)(H,42,47)/t25-,26-,30-,31?,32?,33?,34?/m1/s1. The highest BCUT2D eigenvalue weighted by Crippen LogP contribution is 2.68. The lowest BCUT2D eigenvalue weighted by Crippen LogP contribution is -2.42. The highest BCUT2D eigenvalue weighted by atomic mass is 32.2. The van der Waals surface area contributed by atoms with Crippen LogP contribution < -0.4 is 24.6 Å². The van der Waals surface area contributed by atoms with E-state index in [9.17, 15) is 23.6 Å². The van der Waals surface area contributed by atoms with Crippen LogP contribution in [0.15, 0.2) is 94.7 Å². The maximum absolute atomic E-state index is 14.0. The monoisotopic (exact) mass is 721 g/mol. The number of anilines is 2. The van der Waals surface area contributed by atoms with Crippen LogP contribution in [0.2, 0.25) is 0 Å². The Bertz CT molecular complexity index is 2290. The maximum atomic E-state index is 14.0. The Labute approximate surface area is 300 Å². The first-order chi connectivity index (χ1) is 24.8. The molecule has 2 aliphatic carbocycles. The maximum Gasteiger partial charge on any atom is 0.305 e. The SMILES string of the molecule is CCOc1cc([C@H]2c3sc(=O)[nH]c3SC3C2[C@H]2C[C@@H]3C3C(=O)N(c4ccc(F)cc4)C(=O)C32)ccc1OCC(=O)Nc1ccc2ccccc2c1. The quantitative estimate of drug-likeness (QED) is 0.169. The van der Waals surface area contributed by atoms with E-state index in [2.05, 4.69) is 10.3 Å². The average Bonchev–Trinajstić information content (AvgIpc) is 3.87. The third-order valence-electron chi connectivity index (χ3n) is 10.8. The molecule has 5 aromatic rings. The molecule has 3 amide bonds. The van der Waals surface area contributed by atoms with Gasteiger partial charge in [0, 0.05) is 21.7 Å². The Morgan fingerprint density at radius 1 is 0.902 bits per heavy atom. The molecule has 9 rings (SSSR count). The molecule has 4 aromatic carbocycles. The second-order valence-corrected chi connectivity index (χ2v) is 15.7. The summed E-state index contributed by atoms with van der Waals surface area (Å²) in [6.45, 7) is 2.01. The predicted molar refractivity (Wildman–Crippen MR) is 193 cm³/mol. The summed E-state index contributed by atoms with van der Waals surface area (Å²) < 4.78 is 25.8. The van der Waals surface area contributed by atoms with Gasteiger partial charge in [-0.05, 0) is 96.0 Å². The van der Waals surface area contributed by atoms with Crippen LogP contribution in [0.25, 0.3) is 10.8 Å². The predicted octanol–water partition coefficient (Wildman–Crippen LogP) is 6.82. The lowest BCUT2D eigenvalue weighted by molar-refractivity contribution is -0.123. The summed E-state index contributed by atoms with van der Waals surface area (Å²) in [7, 11) is 0. The number of rotatable bonds is 8. The van der Waals surface area contributed by atoms with Crippen LogP contribution in [0.5, 0.6) is 11.5 Å². The fourth-order valence-corrected chi connectivity index (χ4v) is 11.8.